The lowest BCUT2D eigenvalue weighted by molar-refractivity contribution is -0.163. The molecule has 1 aromatic heterocycles. The summed E-state index contributed by atoms with van der Waals surface area (Å²) in [6.45, 7) is 3.09. The number of hydrogen-bond acceptors (Lipinski definition) is 5. The third-order valence-electron chi connectivity index (χ3n) is 6.36. The molecule has 1 amide bonds. The first-order valence-corrected chi connectivity index (χ1v) is 9.65. The van der Waals surface area contributed by atoms with E-state index in [1.54, 1.807) is 11.5 Å². The van der Waals surface area contributed by atoms with Crippen molar-refractivity contribution in [2.24, 2.45) is 5.92 Å². The molecule has 2 aliphatic carbocycles. The fourth-order valence-electron chi connectivity index (χ4n) is 4.91. The summed E-state index contributed by atoms with van der Waals surface area (Å²) in [5.74, 6) is -5.86. The van der Waals surface area contributed by atoms with Crippen LogP contribution in [0.3, 0.4) is 0 Å². The van der Waals surface area contributed by atoms with Crippen molar-refractivity contribution in [3.63, 3.8) is 0 Å². The molecule has 0 saturated heterocycles. The number of fused-ring (bicyclic) bond motifs is 3. The first-order valence-electron chi connectivity index (χ1n) is 9.65. The normalized spacial score (nSPS) is 24.7. The highest BCUT2D eigenvalue weighted by molar-refractivity contribution is 6.44. The predicted octanol–water partition coefficient (Wildman–Crippen LogP) is 2.15. The van der Waals surface area contributed by atoms with E-state index in [4.69, 9.17) is 4.74 Å². The van der Waals surface area contributed by atoms with Crippen molar-refractivity contribution < 1.29 is 32.7 Å². The number of ketones is 2. The smallest absolute Gasteiger partial charge is 0.354 e. The number of carbonyl (C=O) groups excluding carboxylic acids is 4. The number of aromatic nitrogens is 1. The Labute approximate surface area is 165 Å². The number of halogens is 2. The van der Waals surface area contributed by atoms with Crippen molar-refractivity contribution in [1.29, 1.82) is 0 Å². The summed E-state index contributed by atoms with van der Waals surface area (Å²) < 4.78 is 33.6. The highest BCUT2D eigenvalue weighted by atomic mass is 19.3. The lowest BCUT2D eigenvalue weighted by atomic mass is 9.69. The third-order valence-corrected chi connectivity index (χ3v) is 6.36. The summed E-state index contributed by atoms with van der Waals surface area (Å²) >= 11 is 0. The Morgan fingerprint density at radius 2 is 1.90 bits per heavy atom. The van der Waals surface area contributed by atoms with Crippen molar-refractivity contribution in [2.75, 3.05) is 7.11 Å². The molecule has 0 spiro atoms. The molecule has 2 heterocycles. The largest absolute Gasteiger partial charge is 0.464 e. The van der Waals surface area contributed by atoms with Gasteiger partial charge in [0.15, 0.2) is 5.78 Å². The molecular weight excluding hydrogens is 386 g/mol. The molecule has 156 valence electrons. The summed E-state index contributed by atoms with van der Waals surface area (Å²) in [5, 5.41) is 2.28. The number of hydrogen-bond donors (Lipinski definition) is 1. The molecule has 3 aliphatic rings. The Hall–Kier alpha value is -2.58. The minimum absolute atomic E-state index is 0.0267. The van der Waals surface area contributed by atoms with E-state index in [2.05, 4.69) is 5.32 Å². The van der Waals surface area contributed by atoms with Gasteiger partial charge in [0.25, 0.3) is 17.6 Å². The molecule has 1 aliphatic heterocycles. The van der Waals surface area contributed by atoms with E-state index in [1.165, 1.54) is 14.0 Å². The quantitative estimate of drug-likeness (QED) is 0.442. The molecule has 0 aromatic carbocycles. The molecule has 1 aromatic rings. The van der Waals surface area contributed by atoms with Crippen molar-refractivity contribution in [3.8, 4) is 0 Å². The Morgan fingerprint density at radius 3 is 2.45 bits per heavy atom. The Balaban J connectivity index is 1.65. The molecule has 4 rings (SSSR count). The summed E-state index contributed by atoms with van der Waals surface area (Å²) in [7, 11) is 1.24. The van der Waals surface area contributed by atoms with Gasteiger partial charge in [-0.1, -0.05) is 6.92 Å². The van der Waals surface area contributed by atoms with Gasteiger partial charge in [-0.25, -0.2) is 13.6 Å². The van der Waals surface area contributed by atoms with E-state index in [9.17, 15) is 28.0 Å². The standard InChI is InChI=1S/C20H22F2N2O5/c1-4-13(25)19(7-20(21,22)8-19)23-17(27)16(26)14-9(2)15(18(28)29-3)24-11-5-10(11)6-12(14)24/h10-11H,4-8H2,1-3H3,(H,23,27)/t10-,11-/m1/s1. The van der Waals surface area contributed by atoms with Crippen molar-refractivity contribution >= 4 is 23.4 Å². The van der Waals surface area contributed by atoms with E-state index in [0.29, 0.717) is 23.6 Å². The molecule has 2 saturated carbocycles. The van der Waals surface area contributed by atoms with Gasteiger partial charge >= 0.3 is 5.97 Å². The molecular formula is C20H22F2N2O5. The number of esters is 1. The van der Waals surface area contributed by atoms with Crippen LogP contribution in [0.25, 0.3) is 0 Å². The van der Waals surface area contributed by atoms with Crippen LogP contribution >= 0.6 is 0 Å². The maximum Gasteiger partial charge on any atom is 0.354 e. The molecule has 0 radical (unpaired) electrons. The predicted molar refractivity (Wildman–Crippen MR) is 96.0 cm³/mol. The lowest BCUT2D eigenvalue weighted by Crippen LogP contribution is -2.67. The number of amides is 1. The fraction of sp³-hybridized carbons (Fsp3) is 0.600. The van der Waals surface area contributed by atoms with Crippen molar-refractivity contribution in [2.45, 2.75) is 63.5 Å². The number of methoxy groups -OCH3 is 1. The molecule has 0 bridgehead atoms. The van der Waals surface area contributed by atoms with Gasteiger partial charge in [0.1, 0.15) is 11.2 Å². The van der Waals surface area contributed by atoms with Gasteiger partial charge in [-0.2, -0.15) is 0 Å². The number of carbonyl (C=O) groups is 4. The summed E-state index contributed by atoms with van der Waals surface area (Å²) in [6, 6.07) is 0.112. The molecule has 0 unspecified atom stereocenters. The van der Waals surface area contributed by atoms with E-state index in [0.717, 1.165) is 6.42 Å². The fourth-order valence-corrected chi connectivity index (χ4v) is 4.91. The molecule has 2 atom stereocenters. The zero-order chi connectivity index (χ0) is 21.3. The number of alkyl halides is 2. The van der Waals surface area contributed by atoms with Gasteiger partial charge in [-0.05, 0) is 31.2 Å². The second kappa shape index (κ2) is 6.21. The SMILES string of the molecule is CCC(=O)C1(NC(=O)C(=O)c2c(C)c(C(=O)OC)n3c2C[C@H]2C[C@H]23)CC(F)(F)C1. The first-order chi connectivity index (χ1) is 13.5. The molecule has 29 heavy (non-hydrogen) atoms. The van der Waals surface area contributed by atoms with Crippen molar-refractivity contribution in [3.05, 3.63) is 22.5 Å². The number of nitrogens with zero attached hydrogens (tertiary/aromatic N) is 1. The van der Waals surface area contributed by atoms with Crippen LogP contribution in [0.15, 0.2) is 0 Å². The highest BCUT2D eigenvalue weighted by Gasteiger charge is 2.61. The number of ether oxygens (including phenoxy) is 1. The monoisotopic (exact) mass is 408 g/mol. The van der Waals surface area contributed by atoms with Crippen molar-refractivity contribution in [1.82, 2.24) is 9.88 Å². The average molecular weight is 408 g/mol. The highest BCUT2D eigenvalue weighted by Crippen LogP contribution is 2.54. The molecule has 1 N–H and O–H groups in total. The minimum Gasteiger partial charge on any atom is -0.464 e. The van der Waals surface area contributed by atoms with Crippen LogP contribution in [0.4, 0.5) is 8.78 Å². The van der Waals surface area contributed by atoms with E-state index in [1.807, 2.05) is 0 Å². The molecule has 2 fully saturated rings. The Bertz CT molecular complexity index is 957. The lowest BCUT2D eigenvalue weighted by Gasteiger charge is -2.46. The van der Waals surface area contributed by atoms with Gasteiger partial charge in [0, 0.05) is 31.0 Å². The van der Waals surface area contributed by atoms with Crippen LogP contribution in [0.5, 0.6) is 0 Å². The van der Waals surface area contributed by atoms with Gasteiger partial charge < -0.3 is 14.6 Å². The van der Waals surface area contributed by atoms with Crippen LogP contribution in [0.1, 0.15) is 70.8 Å². The Kier molecular flexibility index (Phi) is 4.22. The summed E-state index contributed by atoms with van der Waals surface area (Å²) in [6.07, 6.45) is -0.185. The maximum atomic E-state index is 13.5. The van der Waals surface area contributed by atoms with Gasteiger partial charge in [0.2, 0.25) is 0 Å². The van der Waals surface area contributed by atoms with Gasteiger partial charge in [-0.3, -0.25) is 14.4 Å². The summed E-state index contributed by atoms with van der Waals surface area (Å²) in [5.41, 5.74) is -0.417. The Morgan fingerprint density at radius 1 is 1.24 bits per heavy atom. The van der Waals surface area contributed by atoms with Crippen LogP contribution < -0.4 is 5.32 Å². The molecule has 7 nitrogen and oxygen atoms in total. The third kappa shape index (κ3) is 2.81. The zero-order valence-electron chi connectivity index (χ0n) is 16.4. The minimum atomic E-state index is -3.05. The average Bonchev–Trinajstić information content (AvgIpc) is 3.22. The van der Waals surface area contributed by atoms with Crippen LogP contribution in [-0.4, -0.2) is 46.6 Å². The second-order valence-electron chi connectivity index (χ2n) is 8.28. The number of nitrogens with one attached hydrogen (secondary N) is 1. The van der Waals surface area contributed by atoms with E-state index >= 15 is 0 Å². The van der Waals surface area contributed by atoms with Crippen LogP contribution in [-0.2, 0) is 20.7 Å². The van der Waals surface area contributed by atoms with E-state index < -0.39 is 47.7 Å². The van der Waals surface area contributed by atoms with Gasteiger partial charge in [-0.15, -0.1) is 0 Å². The zero-order valence-corrected chi connectivity index (χ0v) is 16.4. The number of Topliss-reactive ketones (excluding diaryl/α,β-unsaturated/α-hetero) is 2. The topological polar surface area (TPSA) is 94.5 Å². The molecule has 9 heteroatoms. The van der Waals surface area contributed by atoms with Crippen LogP contribution in [0, 0.1) is 12.8 Å². The van der Waals surface area contributed by atoms with Crippen LogP contribution in [0.2, 0.25) is 0 Å². The first kappa shape index (κ1) is 19.7. The second-order valence-corrected chi connectivity index (χ2v) is 8.28. The number of rotatable bonds is 6. The maximum absolute atomic E-state index is 13.5. The summed E-state index contributed by atoms with van der Waals surface area (Å²) in [4.78, 5) is 50.2. The van der Waals surface area contributed by atoms with E-state index in [-0.39, 0.29) is 23.7 Å². The van der Waals surface area contributed by atoms with Gasteiger partial charge in [0.05, 0.1) is 12.7 Å².